The van der Waals surface area contributed by atoms with Crippen LogP contribution in [0.3, 0.4) is 0 Å². The zero-order chi connectivity index (χ0) is 17.2. The average Bonchev–Trinajstić information content (AvgIpc) is 3.03. The fourth-order valence-corrected chi connectivity index (χ4v) is 4.58. The Kier molecular flexibility index (Phi) is 5.36. The maximum atomic E-state index is 12.0. The Labute approximate surface area is 147 Å². The highest BCUT2D eigenvalue weighted by Gasteiger charge is 2.26. The molecule has 0 bridgehead atoms. The third kappa shape index (κ3) is 4.04. The highest BCUT2D eigenvalue weighted by molar-refractivity contribution is 7.90. The number of fused-ring (bicyclic) bond motifs is 1. The standard InChI is InChI=1S/C16H24N4O2S2/c1-11(2)24(21,22)20-13-8-6-12(7-9-13)10-17-14-4-3-5-15-16(14)19-23-18-15/h3-5,11-13,17,20H,6-10H2,1-2H3/t12-,13-. The van der Waals surface area contributed by atoms with Crippen LogP contribution < -0.4 is 10.0 Å². The quantitative estimate of drug-likeness (QED) is 0.819. The first-order chi connectivity index (χ1) is 11.5. The lowest BCUT2D eigenvalue weighted by atomic mass is 9.86. The van der Waals surface area contributed by atoms with E-state index in [9.17, 15) is 8.42 Å². The molecule has 2 N–H and O–H groups in total. The Hall–Kier alpha value is -1.25. The molecule has 1 fully saturated rings. The summed E-state index contributed by atoms with van der Waals surface area (Å²) in [5.74, 6) is 0.562. The molecule has 2 aromatic rings. The second-order valence-electron chi connectivity index (χ2n) is 6.75. The number of nitrogens with one attached hydrogen (secondary N) is 2. The number of rotatable bonds is 6. The van der Waals surface area contributed by atoms with Gasteiger partial charge in [0.15, 0.2) is 0 Å². The van der Waals surface area contributed by atoms with Crippen molar-refractivity contribution in [1.29, 1.82) is 0 Å². The second kappa shape index (κ2) is 7.33. The van der Waals surface area contributed by atoms with Crippen molar-refractivity contribution in [3.05, 3.63) is 18.2 Å². The fourth-order valence-electron chi connectivity index (χ4n) is 3.06. The number of sulfonamides is 1. The number of aromatic nitrogens is 2. The Balaban J connectivity index is 1.50. The molecule has 0 radical (unpaired) electrons. The van der Waals surface area contributed by atoms with Crippen molar-refractivity contribution in [2.24, 2.45) is 5.92 Å². The first-order valence-corrected chi connectivity index (χ1v) is 10.7. The van der Waals surface area contributed by atoms with Gasteiger partial charge in [-0.1, -0.05) is 6.07 Å². The van der Waals surface area contributed by atoms with Gasteiger partial charge >= 0.3 is 0 Å². The highest BCUT2D eigenvalue weighted by atomic mass is 32.2. The van der Waals surface area contributed by atoms with Crippen LogP contribution in [0, 0.1) is 5.92 Å². The summed E-state index contributed by atoms with van der Waals surface area (Å²) in [6, 6.07) is 6.08. The van der Waals surface area contributed by atoms with Crippen LogP contribution in [0.15, 0.2) is 18.2 Å². The summed E-state index contributed by atoms with van der Waals surface area (Å²) in [7, 11) is -3.17. The van der Waals surface area contributed by atoms with Crippen molar-refractivity contribution in [2.75, 3.05) is 11.9 Å². The zero-order valence-electron chi connectivity index (χ0n) is 14.0. The lowest BCUT2D eigenvalue weighted by Crippen LogP contribution is -2.41. The van der Waals surface area contributed by atoms with Gasteiger partial charge in [0, 0.05) is 12.6 Å². The van der Waals surface area contributed by atoms with Gasteiger partial charge in [-0.05, 0) is 57.6 Å². The first-order valence-electron chi connectivity index (χ1n) is 8.42. The Morgan fingerprint density at radius 2 is 1.96 bits per heavy atom. The molecule has 0 spiro atoms. The van der Waals surface area contributed by atoms with E-state index in [1.165, 1.54) is 11.7 Å². The van der Waals surface area contributed by atoms with E-state index in [0.717, 1.165) is 48.9 Å². The predicted molar refractivity (Wildman–Crippen MR) is 98.8 cm³/mol. The van der Waals surface area contributed by atoms with Crippen molar-refractivity contribution in [3.63, 3.8) is 0 Å². The normalized spacial score (nSPS) is 22.1. The Morgan fingerprint density at radius 3 is 2.67 bits per heavy atom. The number of anilines is 1. The largest absolute Gasteiger partial charge is 0.383 e. The van der Waals surface area contributed by atoms with Gasteiger partial charge in [-0.25, -0.2) is 13.1 Å². The summed E-state index contributed by atoms with van der Waals surface area (Å²) in [5.41, 5.74) is 2.89. The van der Waals surface area contributed by atoms with Crippen LogP contribution in [-0.4, -0.2) is 35.0 Å². The van der Waals surface area contributed by atoms with Gasteiger partial charge in [-0.3, -0.25) is 0 Å². The minimum atomic E-state index is -3.17. The van der Waals surface area contributed by atoms with Crippen molar-refractivity contribution in [2.45, 2.75) is 50.8 Å². The van der Waals surface area contributed by atoms with Crippen molar-refractivity contribution in [1.82, 2.24) is 13.5 Å². The van der Waals surface area contributed by atoms with E-state index in [1.54, 1.807) is 13.8 Å². The molecule has 1 heterocycles. The summed E-state index contributed by atoms with van der Waals surface area (Å²) in [5, 5.41) is 3.12. The second-order valence-corrected chi connectivity index (χ2v) is 9.54. The monoisotopic (exact) mass is 368 g/mol. The van der Waals surface area contributed by atoms with E-state index in [0.29, 0.717) is 5.92 Å². The predicted octanol–water partition coefficient (Wildman–Crippen LogP) is 2.99. The first kappa shape index (κ1) is 17.6. The van der Waals surface area contributed by atoms with E-state index >= 15 is 0 Å². The molecule has 8 heteroatoms. The van der Waals surface area contributed by atoms with Gasteiger partial charge in [0.2, 0.25) is 10.0 Å². The third-order valence-corrected chi connectivity index (χ3v) is 7.11. The van der Waals surface area contributed by atoms with Crippen LogP contribution in [0.25, 0.3) is 11.0 Å². The molecule has 0 aliphatic heterocycles. The van der Waals surface area contributed by atoms with Crippen LogP contribution in [-0.2, 0) is 10.0 Å². The molecule has 6 nitrogen and oxygen atoms in total. The van der Waals surface area contributed by atoms with Crippen molar-refractivity contribution >= 4 is 38.5 Å². The van der Waals surface area contributed by atoms with E-state index in [1.807, 2.05) is 18.2 Å². The number of benzene rings is 1. The number of hydrogen-bond donors (Lipinski definition) is 2. The molecule has 1 saturated carbocycles. The van der Waals surface area contributed by atoms with E-state index in [-0.39, 0.29) is 11.3 Å². The van der Waals surface area contributed by atoms with E-state index < -0.39 is 10.0 Å². The molecule has 1 aromatic heterocycles. The van der Waals surface area contributed by atoms with E-state index in [2.05, 4.69) is 18.8 Å². The van der Waals surface area contributed by atoms with Gasteiger partial charge in [0.25, 0.3) is 0 Å². The lowest BCUT2D eigenvalue weighted by molar-refractivity contribution is 0.323. The van der Waals surface area contributed by atoms with Crippen LogP contribution >= 0.6 is 11.7 Å². The summed E-state index contributed by atoms with van der Waals surface area (Å²) in [6.45, 7) is 4.32. The van der Waals surface area contributed by atoms with Crippen LogP contribution in [0.2, 0.25) is 0 Å². The van der Waals surface area contributed by atoms with Crippen molar-refractivity contribution < 1.29 is 8.42 Å². The smallest absolute Gasteiger partial charge is 0.214 e. The maximum absolute atomic E-state index is 12.0. The van der Waals surface area contributed by atoms with Crippen LogP contribution in [0.5, 0.6) is 0 Å². The topological polar surface area (TPSA) is 84.0 Å². The molecule has 0 amide bonds. The number of hydrogen-bond acceptors (Lipinski definition) is 6. The molecule has 0 unspecified atom stereocenters. The Morgan fingerprint density at radius 1 is 1.21 bits per heavy atom. The SMILES string of the molecule is CC(C)S(=O)(=O)N[C@H]1CC[C@H](CNc2cccc3nsnc23)CC1. The van der Waals surface area contributed by atoms with Gasteiger partial charge < -0.3 is 5.32 Å². The molecule has 0 atom stereocenters. The molecule has 1 aromatic carbocycles. The third-order valence-electron chi connectivity index (χ3n) is 4.67. The molecule has 3 rings (SSSR count). The van der Waals surface area contributed by atoms with Gasteiger partial charge in [0.1, 0.15) is 11.0 Å². The Bertz CT molecular complexity index is 780. The lowest BCUT2D eigenvalue weighted by Gasteiger charge is -2.29. The van der Waals surface area contributed by atoms with Gasteiger partial charge in [0.05, 0.1) is 22.7 Å². The molecule has 132 valence electrons. The summed E-state index contributed by atoms with van der Waals surface area (Å²) in [6.07, 6.45) is 3.87. The van der Waals surface area contributed by atoms with Crippen LogP contribution in [0.4, 0.5) is 5.69 Å². The molecule has 1 aliphatic carbocycles. The molecular weight excluding hydrogens is 344 g/mol. The molecule has 1 aliphatic rings. The summed E-state index contributed by atoms with van der Waals surface area (Å²) < 4.78 is 35.4. The zero-order valence-corrected chi connectivity index (χ0v) is 15.7. The van der Waals surface area contributed by atoms with Gasteiger partial charge in [-0.15, -0.1) is 0 Å². The molecule has 24 heavy (non-hydrogen) atoms. The van der Waals surface area contributed by atoms with Crippen molar-refractivity contribution in [3.8, 4) is 0 Å². The molecular formula is C16H24N4O2S2. The van der Waals surface area contributed by atoms with Crippen LogP contribution in [0.1, 0.15) is 39.5 Å². The summed E-state index contributed by atoms with van der Waals surface area (Å²) in [4.78, 5) is 0. The summed E-state index contributed by atoms with van der Waals surface area (Å²) >= 11 is 1.23. The minimum absolute atomic E-state index is 0.0832. The van der Waals surface area contributed by atoms with E-state index in [4.69, 9.17) is 0 Å². The fraction of sp³-hybridized carbons (Fsp3) is 0.625. The number of nitrogens with zero attached hydrogens (tertiary/aromatic N) is 2. The average molecular weight is 369 g/mol. The highest BCUT2D eigenvalue weighted by Crippen LogP contribution is 2.27. The minimum Gasteiger partial charge on any atom is -0.383 e. The maximum Gasteiger partial charge on any atom is 0.214 e. The van der Waals surface area contributed by atoms with Gasteiger partial charge in [-0.2, -0.15) is 8.75 Å². The molecule has 0 saturated heterocycles.